The number of hydrogen-bond acceptors (Lipinski definition) is 2. The number of amides is 2. The predicted molar refractivity (Wildman–Crippen MR) is 92.1 cm³/mol. The van der Waals surface area contributed by atoms with Crippen molar-refractivity contribution < 1.29 is 14.0 Å². The van der Waals surface area contributed by atoms with Crippen molar-refractivity contribution in [2.45, 2.75) is 26.8 Å². The van der Waals surface area contributed by atoms with E-state index in [1.165, 1.54) is 30.0 Å². The van der Waals surface area contributed by atoms with Gasteiger partial charge in [0.25, 0.3) is 0 Å². The summed E-state index contributed by atoms with van der Waals surface area (Å²) in [5, 5.41) is 2.82. The van der Waals surface area contributed by atoms with E-state index in [1.807, 2.05) is 31.2 Å². The van der Waals surface area contributed by atoms with Crippen LogP contribution in [0.25, 0.3) is 0 Å². The van der Waals surface area contributed by atoms with E-state index in [0.29, 0.717) is 12.2 Å². The Hall–Kier alpha value is -2.69. The van der Waals surface area contributed by atoms with Crippen LogP contribution < -0.4 is 10.2 Å². The van der Waals surface area contributed by atoms with Crippen molar-refractivity contribution in [2.75, 3.05) is 11.4 Å². The molecule has 0 fully saturated rings. The molecule has 0 aliphatic carbocycles. The Morgan fingerprint density at radius 1 is 1.12 bits per heavy atom. The molecule has 0 aliphatic rings. The number of rotatable bonds is 6. The number of anilines is 1. The van der Waals surface area contributed by atoms with Gasteiger partial charge in [-0.05, 0) is 30.7 Å². The van der Waals surface area contributed by atoms with E-state index in [1.54, 1.807) is 6.07 Å². The summed E-state index contributed by atoms with van der Waals surface area (Å²) in [5.41, 5.74) is 2.63. The van der Waals surface area contributed by atoms with Crippen LogP contribution in [-0.4, -0.2) is 18.4 Å². The van der Waals surface area contributed by atoms with E-state index < -0.39 is 5.82 Å². The van der Waals surface area contributed by atoms with Gasteiger partial charge < -0.3 is 10.2 Å². The molecule has 0 heterocycles. The number of aryl methyl sites for hydroxylation is 1. The Labute approximate surface area is 141 Å². The second-order valence-electron chi connectivity index (χ2n) is 5.66. The molecule has 1 N–H and O–H groups in total. The van der Waals surface area contributed by atoms with Gasteiger partial charge in [-0.15, -0.1) is 0 Å². The third-order valence-electron chi connectivity index (χ3n) is 3.67. The zero-order valence-corrected chi connectivity index (χ0v) is 13.9. The minimum absolute atomic E-state index is 0.154. The minimum Gasteiger partial charge on any atom is -0.352 e. The fraction of sp³-hybridized carbons (Fsp3) is 0.263. The second-order valence-corrected chi connectivity index (χ2v) is 5.66. The number of hydrogen-bond donors (Lipinski definition) is 1. The molecule has 0 saturated carbocycles. The Balaban J connectivity index is 1.88. The molecule has 0 unspecified atom stereocenters. The quantitative estimate of drug-likeness (QED) is 0.885. The standard InChI is InChI=1S/C19H21FN2O2/c1-14-6-8-16(9-7-14)13-21-19(24)10-11-22(15(2)23)18-5-3-4-17(20)12-18/h3-9,12H,10-11,13H2,1-2H3,(H,21,24). The molecule has 126 valence electrons. The van der Waals surface area contributed by atoms with Gasteiger partial charge in [0, 0.05) is 32.1 Å². The van der Waals surface area contributed by atoms with Crippen molar-refractivity contribution in [3.63, 3.8) is 0 Å². The fourth-order valence-electron chi connectivity index (χ4n) is 2.32. The lowest BCUT2D eigenvalue weighted by molar-refractivity contribution is -0.121. The molecule has 4 nitrogen and oxygen atoms in total. The maximum atomic E-state index is 13.3. The van der Waals surface area contributed by atoms with Gasteiger partial charge in [-0.2, -0.15) is 0 Å². The van der Waals surface area contributed by atoms with Gasteiger partial charge in [-0.25, -0.2) is 4.39 Å². The maximum absolute atomic E-state index is 13.3. The van der Waals surface area contributed by atoms with Crippen LogP contribution in [0, 0.1) is 12.7 Å². The van der Waals surface area contributed by atoms with E-state index in [0.717, 1.165) is 11.1 Å². The average Bonchev–Trinajstić information content (AvgIpc) is 2.54. The van der Waals surface area contributed by atoms with Crippen LogP contribution in [0.1, 0.15) is 24.5 Å². The molecule has 0 spiro atoms. The molecule has 24 heavy (non-hydrogen) atoms. The zero-order valence-electron chi connectivity index (χ0n) is 13.9. The van der Waals surface area contributed by atoms with Gasteiger partial charge in [0.15, 0.2) is 0 Å². The number of carbonyl (C=O) groups excluding carboxylic acids is 2. The van der Waals surface area contributed by atoms with Gasteiger partial charge in [0.1, 0.15) is 5.82 Å². The van der Waals surface area contributed by atoms with Crippen molar-refractivity contribution in [1.29, 1.82) is 0 Å². The molecular weight excluding hydrogens is 307 g/mol. The molecule has 0 saturated heterocycles. The topological polar surface area (TPSA) is 49.4 Å². The second kappa shape index (κ2) is 8.24. The van der Waals surface area contributed by atoms with Crippen molar-refractivity contribution >= 4 is 17.5 Å². The van der Waals surface area contributed by atoms with E-state index in [9.17, 15) is 14.0 Å². The number of benzene rings is 2. The molecule has 2 amide bonds. The van der Waals surface area contributed by atoms with Crippen molar-refractivity contribution in [1.82, 2.24) is 5.32 Å². The molecule has 5 heteroatoms. The van der Waals surface area contributed by atoms with Crippen LogP contribution in [0.15, 0.2) is 48.5 Å². The van der Waals surface area contributed by atoms with Crippen LogP contribution in [0.5, 0.6) is 0 Å². The lowest BCUT2D eigenvalue weighted by atomic mass is 10.1. The van der Waals surface area contributed by atoms with Crippen LogP contribution in [-0.2, 0) is 16.1 Å². The van der Waals surface area contributed by atoms with Crippen LogP contribution in [0.2, 0.25) is 0 Å². The number of carbonyl (C=O) groups is 2. The van der Waals surface area contributed by atoms with Gasteiger partial charge >= 0.3 is 0 Å². The summed E-state index contributed by atoms with van der Waals surface area (Å²) >= 11 is 0. The Morgan fingerprint density at radius 3 is 2.46 bits per heavy atom. The SMILES string of the molecule is CC(=O)N(CCC(=O)NCc1ccc(C)cc1)c1cccc(F)c1. The Morgan fingerprint density at radius 2 is 1.83 bits per heavy atom. The lowest BCUT2D eigenvalue weighted by Crippen LogP contribution is -2.33. The smallest absolute Gasteiger partial charge is 0.223 e. The predicted octanol–water partition coefficient (Wildman–Crippen LogP) is 3.19. The summed E-state index contributed by atoms with van der Waals surface area (Å²) in [6.45, 7) is 4.05. The third kappa shape index (κ3) is 5.19. The Bertz CT molecular complexity index is 714. The number of nitrogens with zero attached hydrogens (tertiary/aromatic N) is 1. The average molecular weight is 328 g/mol. The van der Waals surface area contributed by atoms with E-state index in [-0.39, 0.29) is 24.8 Å². The molecule has 0 aliphatic heterocycles. The Kier molecular flexibility index (Phi) is 6.07. The third-order valence-corrected chi connectivity index (χ3v) is 3.67. The number of halogens is 1. The summed E-state index contributed by atoms with van der Waals surface area (Å²) < 4.78 is 13.3. The van der Waals surface area contributed by atoms with Crippen molar-refractivity contribution in [2.24, 2.45) is 0 Å². The highest BCUT2D eigenvalue weighted by molar-refractivity contribution is 5.92. The first-order valence-corrected chi connectivity index (χ1v) is 7.81. The molecule has 0 atom stereocenters. The van der Waals surface area contributed by atoms with E-state index >= 15 is 0 Å². The molecule has 2 rings (SSSR count). The van der Waals surface area contributed by atoms with Crippen LogP contribution in [0.3, 0.4) is 0 Å². The number of nitrogens with one attached hydrogen (secondary N) is 1. The highest BCUT2D eigenvalue weighted by atomic mass is 19.1. The molecule has 0 aromatic heterocycles. The summed E-state index contributed by atoms with van der Waals surface area (Å²) in [6, 6.07) is 13.7. The van der Waals surface area contributed by atoms with Crippen LogP contribution >= 0.6 is 0 Å². The molecule has 0 bridgehead atoms. The summed E-state index contributed by atoms with van der Waals surface area (Å²) in [7, 11) is 0. The largest absolute Gasteiger partial charge is 0.352 e. The molecular formula is C19H21FN2O2. The highest BCUT2D eigenvalue weighted by Gasteiger charge is 2.14. The van der Waals surface area contributed by atoms with E-state index in [2.05, 4.69) is 5.32 Å². The highest BCUT2D eigenvalue weighted by Crippen LogP contribution is 2.16. The molecule has 0 radical (unpaired) electrons. The monoisotopic (exact) mass is 328 g/mol. The first-order chi connectivity index (χ1) is 11.5. The summed E-state index contributed by atoms with van der Waals surface area (Å²) in [6.07, 6.45) is 0.155. The van der Waals surface area contributed by atoms with Crippen LogP contribution in [0.4, 0.5) is 10.1 Å². The fourth-order valence-corrected chi connectivity index (χ4v) is 2.32. The summed E-state index contributed by atoms with van der Waals surface area (Å²) in [5.74, 6) is -0.798. The van der Waals surface area contributed by atoms with Crippen molar-refractivity contribution in [3.05, 3.63) is 65.5 Å². The van der Waals surface area contributed by atoms with Gasteiger partial charge in [-0.3, -0.25) is 9.59 Å². The van der Waals surface area contributed by atoms with E-state index in [4.69, 9.17) is 0 Å². The van der Waals surface area contributed by atoms with Gasteiger partial charge in [0.2, 0.25) is 11.8 Å². The van der Waals surface area contributed by atoms with Crippen molar-refractivity contribution in [3.8, 4) is 0 Å². The minimum atomic E-state index is -0.414. The summed E-state index contributed by atoms with van der Waals surface area (Å²) in [4.78, 5) is 25.1. The lowest BCUT2D eigenvalue weighted by Gasteiger charge is -2.21. The molecule has 2 aromatic carbocycles. The normalized spacial score (nSPS) is 10.3. The van der Waals surface area contributed by atoms with Gasteiger partial charge in [-0.1, -0.05) is 35.9 Å². The molecule has 2 aromatic rings. The first kappa shape index (κ1) is 17.7. The van der Waals surface area contributed by atoms with Gasteiger partial charge in [0.05, 0.1) is 0 Å². The maximum Gasteiger partial charge on any atom is 0.223 e. The first-order valence-electron chi connectivity index (χ1n) is 7.81. The zero-order chi connectivity index (χ0) is 17.5.